The number of thiophene rings is 1. The zero-order valence-electron chi connectivity index (χ0n) is 10.9. The fourth-order valence-corrected chi connectivity index (χ4v) is 2.64. The minimum Gasteiger partial charge on any atom is -0.341 e. The first-order valence-corrected chi connectivity index (χ1v) is 7.18. The largest absolute Gasteiger partial charge is 0.341 e. The number of aromatic amines is 1. The van der Waals surface area contributed by atoms with Crippen LogP contribution in [-0.2, 0) is 6.42 Å². The Balaban J connectivity index is 1.94. The summed E-state index contributed by atoms with van der Waals surface area (Å²) in [7, 11) is 0. The van der Waals surface area contributed by atoms with E-state index in [0.29, 0.717) is 0 Å². The molecule has 0 aliphatic rings. The quantitative estimate of drug-likeness (QED) is 0.898. The molecule has 0 amide bonds. The Hall–Kier alpha value is -0.840. The highest BCUT2D eigenvalue weighted by atomic mass is 35.5. The third-order valence-electron chi connectivity index (χ3n) is 2.48. The zero-order chi connectivity index (χ0) is 13.2. The topological polar surface area (TPSA) is 40.7 Å². The van der Waals surface area contributed by atoms with E-state index in [1.165, 1.54) is 0 Å². The van der Waals surface area contributed by atoms with Crippen LogP contribution in [0.4, 0.5) is 0 Å². The molecule has 0 saturated carbocycles. The van der Waals surface area contributed by atoms with Crippen LogP contribution in [0.2, 0.25) is 4.34 Å². The fraction of sp³-hybridized carbons (Fsp3) is 0.462. The summed E-state index contributed by atoms with van der Waals surface area (Å²) < 4.78 is 0.801. The molecule has 0 atom stereocenters. The van der Waals surface area contributed by atoms with Crippen LogP contribution in [0.25, 0.3) is 10.6 Å². The SMILES string of the molecule is CC(C)(C)NCCc1ncc(-c2ccc(Cl)s2)[nH]1. The van der Waals surface area contributed by atoms with Crippen molar-refractivity contribution >= 4 is 22.9 Å². The molecule has 5 heteroatoms. The van der Waals surface area contributed by atoms with Crippen LogP contribution < -0.4 is 5.32 Å². The maximum Gasteiger partial charge on any atom is 0.107 e. The van der Waals surface area contributed by atoms with Crippen LogP contribution in [0.15, 0.2) is 18.3 Å². The highest BCUT2D eigenvalue weighted by Gasteiger charge is 2.09. The standard InChI is InChI=1S/C13H18ClN3S/c1-13(2,3)16-7-6-12-15-8-9(17-12)10-4-5-11(14)18-10/h4-5,8,16H,6-7H2,1-3H3,(H,15,17). The second kappa shape index (κ2) is 5.43. The van der Waals surface area contributed by atoms with E-state index in [1.54, 1.807) is 11.3 Å². The molecule has 2 rings (SSSR count). The van der Waals surface area contributed by atoms with Gasteiger partial charge in [-0.2, -0.15) is 0 Å². The molecule has 3 nitrogen and oxygen atoms in total. The summed E-state index contributed by atoms with van der Waals surface area (Å²) in [6.07, 6.45) is 2.77. The molecule has 0 spiro atoms. The van der Waals surface area contributed by atoms with Gasteiger partial charge >= 0.3 is 0 Å². The minimum atomic E-state index is 0.150. The summed E-state index contributed by atoms with van der Waals surface area (Å²) in [5.41, 5.74) is 1.19. The van der Waals surface area contributed by atoms with Crippen molar-refractivity contribution in [2.75, 3.05) is 6.54 Å². The van der Waals surface area contributed by atoms with E-state index in [0.717, 1.165) is 33.7 Å². The smallest absolute Gasteiger partial charge is 0.107 e. The Kier molecular flexibility index (Phi) is 4.10. The van der Waals surface area contributed by atoms with E-state index in [-0.39, 0.29) is 5.54 Å². The number of rotatable bonds is 4. The van der Waals surface area contributed by atoms with Crippen LogP contribution in [0.1, 0.15) is 26.6 Å². The number of hydrogen-bond donors (Lipinski definition) is 2. The molecule has 0 aromatic carbocycles. The molecule has 0 unspecified atom stereocenters. The van der Waals surface area contributed by atoms with Gasteiger partial charge < -0.3 is 10.3 Å². The van der Waals surface area contributed by atoms with Crippen LogP contribution >= 0.6 is 22.9 Å². The Morgan fingerprint density at radius 2 is 2.17 bits per heavy atom. The summed E-state index contributed by atoms with van der Waals surface area (Å²) in [6.45, 7) is 7.40. The average Bonchev–Trinajstić information content (AvgIpc) is 2.85. The van der Waals surface area contributed by atoms with E-state index in [2.05, 4.69) is 36.1 Å². The van der Waals surface area contributed by atoms with Gasteiger partial charge in [-0.3, -0.25) is 0 Å². The van der Waals surface area contributed by atoms with E-state index in [1.807, 2.05) is 18.3 Å². The van der Waals surface area contributed by atoms with Crippen molar-refractivity contribution in [3.63, 3.8) is 0 Å². The van der Waals surface area contributed by atoms with Crippen LogP contribution in [0.5, 0.6) is 0 Å². The number of nitrogens with one attached hydrogen (secondary N) is 2. The van der Waals surface area contributed by atoms with Gasteiger partial charge in [-0.1, -0.05) is 11.6 Å². The molecule has 98 valence electrons. The van der Waals surface area contributed by atoms with Crippen molar-refractivity contribution in [2.45, 2.75) is 32.7 Å². The van der Waals surface area contributed by atoms with Crippen LogP contribution in [0, 0.1) is 0 Å². The lowest BCUT2D eigenvalue weighted by Crippen LogP contribution is -2.37. The fourth-order valence-electron chi connectivity index (χ4n) is 1.63. The van der Waals surface area contributed by atoms with Gasteiger partial charge in [0.25, 0.3) is 0 Å². The van der Waals surface area contributed by atoms with Gasteiger partial charge in [-0.25, -0.2) is 4.98 Å². The minimum absolute atomic E-state index is 0.150. The van der Waals surface area contributed by atoms with Gasteiger partial charge in [0.15, 0.2) is 0 Å². The predicted molar refractivity (Wildman–Crippen MR) is 78.4 cm³/mol. The third kappa shape index (κ3) is 3.83. The lowest BCUT2D eigenvalue weighted by Gasteiger charge is -2.19. The zero-order valence-corrected chi connectivity index (χ0v) is 12.5. The molecular formula is C13H18ClN3S. The molecule has 0 aliphatic heterocycles. The highest BCUT2D eigenvalue weighted by molar-refractivity contribution is 7.19. The van der Waals surface area contributed by atoms with Gasteiger partial charge in [0, 0.05) is 18.5 Å². The van der Waals surface area contributed by atoms with E-state index >= 15 is 0 Å². The Morgan fingerprint density at radius 1 is 1.39 bits per heavy atom. The molecule has 0 radical (unpaired) electrons. The van der Waals surface area contributed by atoms with Gasteiger partial charge in [-0.05, 0) is 32.9 Å². The van der Waals surface area contributed by atoms with Crippen molar-refractivity contribution in [2.24, 2.45) is 0 Å². The maximum atomic E-state index is 5.93. The number of hydrogen-bond acceptors (Lipinski definition) is 3. The second-order valence-corrected chi connectivity index (χ2v) is 6.99. The van der Waals surface area contributed by atoms with Crippen LogP contribution in [-0.4, -0.2) is 22.1 Å². The van der Waals surface area contributed by atoms with Crippen LogP contribution in [0.3, 0.4) is 0 Å². The molecule has 18 heavy (non-hydrogen) atoms. The normalized spacial score (nSPS) is 12.0. The Bertz CT molecular complexity index is 510. The molecule has 2 aromatic heterocycles. The summed E-state index contributed by atoms with van der Waals surface area (Å²) in [4.78, 5) is 8.85. The number of nitrogens with zero attached hydrogens (tertiary/aromatic N) is 1. The van der Waals surface area contributed by atoms with Gasteiger partial charge in [0.2, 0.25) is 0 Å². The Labute approximate surface area is 117 Å². The Morgan fingerprint density at radius 3 is 2.78 bits per heavy atom. The molecular weight excluding hydrogens is 266 g/mol. The summed E-state index contributed by atoms with van der Waals surface area (Å²) in [5, 5.41) is 3.44. The van der Waals surface area contributed by atoms with Crippen molar-refractivity contribution in [3.8, 4) is 10.6 Å². The lowest BCUT2D eigenvalue weighted by molar-refractivity contribution is 0.427. The number of H-pyrrole nitrogens is 1. The first-order valence-electron chi connectivity index (χ1n) is 5.99. The van der Waals surface area contributed by atoms with E-state index in [9.17, 15) is 0 Å². The number of aromatic nitrogens is 2. The molecule has 0 aliphatic carbocycles. The summed E-state index contributed by atoms with van der Waals surface area (Å²) in [6, 6.07) is 3.92. The van der Waals surface area contributed by atoms with Crippen molar-refractivity contribution in [1.82, 2.24) is 15.3 Å². The molecule has 0 fully saturated rings. The maximum absolute atomic E-state index is 5.93. The monoisotopic (exact) mass is 283 g/mol. The summed E-state index contributed by atoms with van der Waals surface area (Å²) >= 11 is 7.49. The van der Waals surface area contributed by atoms with Crippen molar-refractivity contribution in [3.05, 3.63) is 28.5 Å². The average molecular weight is 284 g/mol. The molecule has 0 bridgehead atoms. The third-order valence-corrected chi connectivity index (χ3v) is 3.75. The van der Waals surface area contributed by atoms with Gasteiger partial charge in [0.05, 0.1) is 21.1 Å². The first kappa shape index (κ1) is 13.6. The lowest BCUT2D eigenvalue weighted by atomic mass is 10.1. The number of halogens is 1. The first-order chi connectivity index (χ1) is 8.44. The van der Waals surface area contributed by atoms with E-state index in [4.69, 9.17) is 11.6 Å². The molecule has 2 heterocycles. The van der Waals surface area contributed by atoms with Gasteiger partial charge in [0.1, 0.15) is 5.82 Å². The van der Waals surface area contributed by atoms with Crippen molar-refractivity contribution in [1.29, 1.82) is 0 Å². The summed E-state index contributed by atoms with van der Waals surface area (Å²) in [5.74, 6) is 1.01. The molecule has 0 saturated heterocycles. The predicted octanol–water partition coefficient (Wildman–Crippen LogP) is 3.72. The molecule has 2 aromatic rings. The van der Waals surface area contributed by atoms with Gasteiger partial charge in [-0.15, -0.1) is 11.3 Å². The molecule has 2 N–H and O–H groups in total. The highest BCUT2D eigenvalue weighted by Crippen LogP contribution is 2.29. The van der Waals surface area contributed by atoms with E-state index < -0.39 is 0 Å². The second-order valence-electron chi connectivity index (χ2n) is 5.27. The number of imidazole rings is 1. The van der Waals surface area contributed by atoms with Crippen molar-refractivity contribution < 1.29 is 0 Å².